The van der Waals surface area contributed by atoms with Crippen LogP contribution in [-0.2, 0) is 18.3 Å². The third-order valence-corrected chi connectivity index (χ3v) is 6.02. The van der Waals surface area contributed by atoms with Gasteiger partial charge in [-0.05, 0) is 12.8 Å². The van der Waals surface area contributed by atoms with Crippen LogP contribution >= 0.6 is 11.6 Å². The summed E-state index contributed by atoms with van der Waals surface area (Å²) in [6.45, 7) is 4.93. The van der Waals surface area contributed by atoms with Crippen LogP contribution in [0.15, 0.2) is 18.6 Å². The van der Waals surface area contributed by atoms with Crippen LogP contribution in [0.2, 0.25) is 5.02 Å². The van der Waals surface area contributed by atoms with E-state index in [4.69, 9.17) is 21.3 Å². The molecule has 2 N–H and O–H groups in total. The van der Waals surface area contributed by atoms with Gasteiger partial charge in [-0.25, -0.2) is 9.97 Å². The molecule has 1 amide bonds. The molecule has 5 heterocycles. The maximum absolute atomic E-state index is 11.5. The standard InChI is InChI=1S/C21H23ClN8O2/c1-4-14-17(22)16-18(26-14)27-21(28-20(16)30-6-5-12(9-30)25-11(2)31)32-13-7-15-19(23-8-13)29(3)10-24-15/h7-8,10,12H,4-6,9H2,1-3H3,(H,25,31)(H,26,27,28)/t12-/m0/s1. The SMILES string of the molecule is CCc1[nH]c2nc(Oc3cnc4c(c3)ncn4C)nc(N3CC[C@H](NC(C)=O)C3)c2c1Cl. The van der Waals surface area contributed by atoms with E-state index < -0.39 is 0 Å². The molecule has 10 nitrogen and oxygen atoms in total. The average molecular weight is 455 g/mol. The summed E-state index contributed by atoms with van der Waals surface area (Å²) in [5, 5.41) is 4.36. The van der Waals surface area contributed by atoms with E-state index in [2.05, 4.69) is 30.2 Å². The molecule has 166 valence electrons. The van der Waals surface area contributed by atoms with E-state index in [0.29, 0.717) is 28.8 Å². The van der Waals surface area contributed by atoms with Gasteiger partial charge in [-0.3, -0.25) is 4.79 Å². The largest absolute Gasteiger partial charge is 0.422 e. The summed E-state index contributed by atoms with van der Waals surface area (Å²) in [5.74, 6) is 1.14. The number of aromatic amines is 1. The highest BCUT2D eigenvalue weighted by Crippen LogP contribution is 2.37. The lowest BCUT2D eigenvalue weighted by Crippen LogP contribution is -2.35. The molecule has 1 atom stereocenters. The molecule has 1 fully saturated rings. The van der Waals surface area contributed by atoms with Gasteiger partial charge in [-0.15, -0.1) is 0 Å². The van der Waals surface area contributed by atoms with Crippen LogP contribution in [0.3, 0.4) is 0 Å². The Bertz CT molecular complexity index is 1330. The first-order chi connectivity index (χ1) is 15.4. The Labute approximate surface area is 189 Å². The number of aryl methyl sites for hydroxylation is 2. The fourth-order valence-electron chi connectivity index (χ4n) is 4.11. The number of imidazole rings is 1. The highest BCUT2D eigenvalue weighted by molar-refractivity contribution is 6.37. The average Bonchev–Trinajstić information content (AvgIpc) is 3.45. The molecular formula is C21H23ClN8O2. The van der Waals surface area contributed by atoms with E-state index in [-0.39, 0.29) is 18.0 Å². The molecule has 0 saturated carbocycles. The summed E-state index contributed by atoms with van der Waals surface area (Å²) in [4.78, 5) is 34.9. The highest BCUT2D eigenvalue weighted by Gasteiger charge is 2.28. The number of anilines is 1. The quantitative estimate of drug-likeness (QED) is 0.476. The number of hydrogen-bond acceptors (Lipinski definition) is 7. The number of carbonyl (C=O) groups is 1. The smallest absolute Gasteiger partial charge is 0.326 e. The van der Waals surface area contributed by atoms with Crippen molar-refractivity contribution in [3.63, 3.8) is 0 Å². The van der Waals surface area contributed by atoms with Crippen molar-refractivity contribution in [1.82, 2.24) is 34.8 Å². The van der Waals surface area contributed by atoms with E-state index in [1.165, 1.54) is 6.92 Å². The number of carbonyl (C=O) groups excluding carboxylic acids is 1. The first-order valence-corrected chi connectivity index (χ1v) is 10.9. The maximum atomic E-state index is 11.5. The van der Waals surface area contributed by atoms with Crippen LogP contribution in [-0.4, -0.2) is 54.5 Å². The molecule has 4 aromatic rings. The molecule has 11 heteroatoms. The second kappa shape index (κ2) is 7.94. The van der Waals surface area contributed by atoms with Crippen molar-refractivity contribution < 1.29 is 9.53 Å². The third-order valence-electron chi connectivity index (χ3n) is 5.61. The van der Waals surface area contributed by atoms with Crippen LogP contribution in [0.25, 0.3) is 22.2 Å². The molecule has 1 aliphatic heterocycles. The molecule has 4 aromatic heterocycles. The van der Waals surface area contributed by atoms with Gasteiger partial charge in [0.2, 0.25) is 5.91 Å². The summed E-state index contributed by atoms with van der Waals surface area (Å²) in [7, 11) is 1.89. The van der Waals surface area contributed by atoms with E-state index in [1.54, 1.807) is 18.6 Å². The number of nitrogens with zero attached hydrogens (tertiary/aromatic N) is 6. The second-order valence-electron chi connectivity index (χ2n) is 7.93. The number of H-pyrrole nitrogens is 1. The van der Waals surface area contributed by atoms with Crippen molar-refractivity contribution in [3.05, 3.63) is 29.3 Å². The maximum Gasteiger partial charge on any atom is 0.326 e. The summed E-state index contributed by atoms with van der Waals surface area (Å²) < 4.78 is 7.82. The Morgan fingerprint density at radius 2 is 2.22 bits per heavy atom. The van der Waals surface area contributed by atoms with Gasteiger partial charge in [0.15, 0.2) is 11.4 Å². The minimum Gasteiger partial charge on any atom is -0.422 e. The van der Waals surface area contributed by atoms with Crippen molar-refractivity contribution in [2.45, 2.75) is 32.7 Å². The van der Waals surface area contributed by atoms with Crippen LogP contribution in [0, 0.1) is 0 Å². The Morgan fingerprint density at radius 1 is 1.38 bits per heavy atom. The number of ether oxygens (including phenoxy) is 1. The lowest BCUT2D eigenvalue weighted by Gasteiger charge is -2.19. The van der Waals surface area contributed by atoms with Crippen molar-refractivity contribution in [1.29, 1.82) is 0 Å². The molecule has 5 rings (SSSR count). The lowest BCUT2D eigenvalue weighted by atomic mass is 10.2. The number of rotatable bonds is 5. The fourth-order valence-corrected chi connectivity index (χ4v) is 4.46. The molecule has 1 aliphatic rings. The second-order valence-corrected chi connectivity index (χ2v) is 8.31. The molecule has 0 bridgehead atoms. The summed E-state index contributed by atoms with van der Waals surface area (Å²) in [5.41, 5.74) is 2.99. The van der Waals surface area contributed by atoms with E-state index in [9.17, 15) is 4.79 Å². The molecule has 0 spiro atoms. The molecule has 32 heavy (non-hydrogen) atoms. The summed E-state index contributed by atoms with van der Waals surface area (Å²) in [6.07, 6.45) is 4.89. The first kappa shape index (κ1) is 20.5. The summed E-state index contributed by atoms with van der Waals surface area (Å²) >= 11 is 6.67. The number of pyridine rings is 1. The van der Waals surface area contributed by atoms with Gasteiger partial charge in [0.25, 0.3) is 0 Å². The van der Waals surface area contributed by atoms with Gasteiger partial charge in [-0.1, -0.05) is 18.5 Å². The Hall–Kier alpha value is -3.40. The Morgan fingerprint density at radius 3 is 3.00 bits per heavy atom. The van der Waals surface area contributed by atoms with E-state index in [1.807, 2.05) is 18.5 Å². The van der Waals surface area contributed by atoms with Gasteiger partial charge >= 0.3 is 6.01 Å². The number of nitrogens with one attached hydrogen (secondary N) is 2. The molecule has 0 aromatic carbocycles. The van der Waals surface area contributed by atoms with Crippen molar-refractivity contribution in [2.75, 3.05) is 18.0 Å². The zero-order chi connectivity index (χ0) is 22.4. The molecule has 0 aliphatic carbocycles. The highest BCUT2D eigenvalue weighted by atomic mass is 35.5. The fraction of sp³-hybridized carbons (Fsp3) is 0.381. The van der Waals surface area contributed by atoms with Crippen molar-refractivity contribution >= 4 is 45.5 Å². The van der Waals surface area contributed by atoms with Gasteiger partial charge in [-0.2, -0.15) is 9.97 Å². The zero-order valence-corrected chi connectivity index (χ0v) is 18.8. The van der Waals surface area contributed by atoms with E-state index in [0.717, 1.165) is 41.6 Å². The summed E-state index contributed by atoms with van der Waals surface area (Å²) in [6, 6.07) is 2.05. The number of aromatic nitrogens is 6. The third kappa shape index (κ3) is 3.60. The first-order valence-electron chi connectivity index (χ1n) is 10.5. The van der Waals surface area contributed by atoms with Gasteiger partial charge < -0.3 is 24.5 Å². The van der Waals surface area contributed by atoms with Crippen molar-refractivity contribution in [2.24, 2.45) is 7.05 Å². The van der Waals surface area contributed by atoms with Gasteiger partial charge in [0, 0.05) is 44.9 Å². The van der Waals surface area contributed by atoms with Crippen LogP contribution in [0.5, 0.6) is 11.8 Å². The normalized spacial score (nSPS) is 16.2. The van der Waals surface area contributed by atoms with Gasteiger partial charge in [0.05, 0.1) is 22.9 Å². The molecular weight excluding hydrogens is 432 g/mol. The monoisotopic (exact) mass is 454 g/mol. The Balaban J connectivity index is 1.54. The zero-order valence-electron chi connectivity index (χ0n) is 18.0. The molecule has 0 radical (unpaired) electrons. The van der Waals surface area contributed by atoms with E-state index >= 15 is 0 Å². The predicted octanol–water partition coefficient (Wildman–Crippen LogP) is 2.96. The number of hydrogen-bond donors (Lipinski definition) is 2. The van der Waals surface area contributed by atoms with Crippen molar-refractivity contribution in [3.8, 4) is 11.8 Å². The minimum atomic E-state index is -0.0425. The number of fused-ring (bicyclic) bond motifs is 2. The molecule has 0 unspecified atom stereocenters. The van der Waals surface area contributed by atoms with Crippen LogP contribution < -0.4 is 15.0 Å². The minimum absolute atomic E-state index is 0.0425. The van der Waals surface area contributed by atoms with Crippen LogP contribution in [0.4, 0.5) is 5.82 Å². The van der Waals surface area contributed by atoms with Crippen LogP contribution in [0.1, 0.15) is 26.0 Å². The molecule has 1 saturated heterocycles. The topological polar surface area (TPSA) is 114 Å². The Kier molecular flexibility index (Phi) is 5.09. The lowest BCUT2D eigenvalue weighted by molar-refractivity contribution is -0.119. The number of halogens is 1. The predicted molar refractivity (Wildman–Crippen MR) is 121 cm³/mol. The number of amides is 1. The van der Waals surface area contributed by atoms with Gasteiger partial charge in [0.1, 0.15) is 17.0 Å².